The van der Waals surface area contributed by atoms with E-state index in [1.54, 1.807) is 30.4 Å². The van der Waals surface area contributed by atoms with Crippen LogP contribution in [0.15, 0.2) is 55.5 Å². The third kappa shape index (κ3) is 5.07. The first-order valence-corrected chi connectivity index (χ1v) is 11.9. The highest BCUT2D eigenvalue weighted by Crippen LogP contribution is 2.38. The first-order valence-electron chi connectivity index (χ1n) is 11.9. The molecular formula is C26H29N9O2. The van der Waals surface area contributed by atoms with Crippen LogP contribution in [0.2, 0.25) is 0 Å². The molecule has 1 aromatic carbocycles. The van der Waals surface area contributed by atoms with Gasteiger partial charge in [0.15, 0.2) is 5.65 Å². The summed E-state index contributed by atoms with van der Waals surface area (Å²) in [5.41, 5.74) is 4.52. The second kappa shape index (κ2) is 10.2. The van der Waals surface area contributed by atoms with Gasteiger partial charge in [-0.05, 0) is 31.3 Å². The molecule has 5 rings (SSSR count). The van der Waals surface area contributed by atoms with Gasteiger partial charge in [0.1, 0.15) is 5.75 Å². The SMILES string of the molecule is C=CC(=O)Nc1cc(Nc2nccc(-c3cnc4c(cnn4C)c3)n2)c(OC)cc1N1CCN(C)CC1. The van der Waals surface area contributed by atoms with Gasteiger partial charge in [-0.15, -0.1) is 0 Å². The predicted molar refractivity (Wildman–Crippen MR) is 144 cm³/mol. The molecule has 11 heteroatoms. The number of hydrogen-bond donors (Lipinski definition) is 2. The van der Waals surface area contributed by atoms with Crippen LogP contribution in [0.25, 0.3) is 22.3 Å². The average molecular weight is 500 g/mol. The number of likely N-dealkylation sites (N-methyl/N-ethyl adjacent to an activating group) is 1. The Hall–Kier alpha value is -4.51. The van der Waals surface area contributed by atoms with E-state index in [1.165, 1.54) is 6.08 Å². The molecule has 3 aromatic heterocycles. The lowest BCUT2D eigenvalue weighted by Gasteiger charge is -2.35. The Labute approximate surface area is 214 Å². The number of carbonyl (C=O) groups excluding carboxylic acids is 1. The summed E-state index contributed by atoms with van der Waals surface area (Å²) in [6.45, 7) is 7.12. The van der Waals surface area contributed by atoms with Crippen LogP contribution >= 0.6 is 0 Å². The van der Waals surface area contributed by atoms with Crippen LogP contribution in [0.1, 0.15) is 0 Å². The molecule has 1 amide bonds. The molecule has 4 heterocycles. The highest BCUT2D eigenvalue weighted by molar-refractivity contribution is 6.02. The lowest BCUT2D eigenvalue weighted by atomic mass is 10.1. The molecule has 2 N–H and O–H groups in total. The molecule has 1 aliphatic heterocycles. The van der Waals surface area contributed by atoms with E-state index in [4.69, 9.17) is 9.72 Å². The molecule has 4 aromatic rings. The van der Waals surface area contributed by atoms with Gasteiger partial charge in [0.05, 0.1) is 36.1 Å². The lowest BCUT2D eigenvalue weighted by molar-refractivity contribution is -0.111. The zero-order chi connectivity index (χ0) is 25.9. The number of benzene rings is 1. The fraction of sp³-hybridized carbons (Fsp3) is 0.269. The van der Waals surface area contributed by atoms with Gasteiger partial charge >= 0.3 is 0 Å². The summed E-state index contributed by atoms with van der Waals surface area (Å²) in [4.78, 5) is 30.4. The first-order chi connectivity index (χ1) is 17.9. The fourth-order valence-electron chi connectivity index (χ4n) is 4.31. The molecule has 0 radical (unpaired) electrons. The summed E-state index contributed by atoms with van der Waals surface area (Å²) in [6, 6.07) is 7.59. The molecule has 0 bridgehead atoms. The Morgan fingerprint density at radius 3 is 2.65 bits per heavy atom. The second-order valence-corrected chi connectivity index (χ2v) is 8.85. The van der Waals surface area contributed by atoms with Gasteiger partial charge in [0.25, 0.3) is 0 Å². The molecule has 0 unspecified atom stereocenters. The molecule has 1 fully saturated rings. The Bertz CT molecular complexity index is 1460. The Balaban J connectivity index is 1.48. The molecule has 1 aliphatic rings. The first kappa shape index (κ1) is 24.2. The standard InChI is InChI=1S/C26H29N9O2/c1-5-24(36)30-20-13-21(23(37-4)14-22(20)35-10-8-33(2)9-11-35)32-26-27-7-6-19(31-26)17-12-18-16-29-34(3)25(18)28-15-17/h5-7,12-16H,1,8-11H2,2-4H3,(H,30,36)(H,27,31,32). The van der Waals surface area contributed by atoms with Crippen molar-refractivity contribution in [3.63, 3.8) is 0 Å². The number of anilines is 4. The molecule has 37 heavy (non-hydrogen) atoms. The van der Waals surface area contributed by atoms with E-state index >= 15 is 0 Å². The van der Waals surface area contributed by atoms with Crippen LogP contribution in [0.4, 0.5) is 23.0 Å². The Kier molecular flexibility index (Phi) is 6.69. The maximum Gasteiger partial charge on any atom is 0.247 e. The van der Waals surface area contributed by atoms with Crippen LogP contribution in [0.5, 0.6) is 5.75 Å². The zero-order valence-electron chi connectivity index (χ0n) is 21.1. The number of ether oxygens (including phenoxy) is 1. The van der Waals surface area contributed by atoms with Crippen molar-refractivity contribution < 1.29 is 9.53 Å². The van der Waals surface area contributed by atoms with E-state index < -0.39 is 0 Å². The average Bonchev–Trinajstić information content (AvgIpc) is 3.29. The van der Waals surface area contributed by atoms with E-state index in [0.717, 1.165) is 48.5 Å². The van der Waals surface area contributed by atoms with Gasteiger partial charge in [-0.3, -0.25) is 9.48 Å². The van der Waals surface area contributed by atoms with Crippen LogP contribution in [0.3, 0.4) is 0 Å². The van der Waals surface area contributed by atoms with Crippen molar-refractivity contribution in [3.8, 4) is 17.0 Å². The second-order valence-electron chi connectivity index (χ2n) is 8.85. The van der Waals surface area contributed by atoms with E-state index in [0.29, 0.717) is 28.8 Å². The maximum atomic E-state index is 12.2. The molecule has 0 spiro atoms. The minimum absolute atomic E-state index is 0.289. The topological polar surface area (TPSA) is 113 Å². The predicted octanol–water partition coefficient (Wildman–Crippen LogP) is 3.05. The van der Waals surface area contributed by atoms with E-state index in [9.17, 15) is 4.79 Å². The molecule has 0 saturated carbocycles. The zero-order valence-corrected chi connectivity index (χ0v) is 21.1. The van der Waals surface area contributed by atoms with Crippen molar-refractivity contribution in [2.24, 2.45) is 7.05 Å². The van der Waals surface area contributed by atoms with Gasteiger partial charge in [-0.1, -0.05) is 6.58 Å². The summed E-state index contributed by atoms with van der Waals surface area (Å²) in [7, 11) is 5.57. The minimum Gasteiger partial charge on any atom is -0.494 e. The normalized spacial score (nSPS) is 14.0. The molecular weight excluding hydrogens is 470 g/mol. The smallest absolute Gasteiger partial charge is 0.247 e. The van der Waals surface area contributed by atoms with Crippen LogP contribution in [-0.2, 0) is 11.8 Å². The maximum absolute atomic E-state index is 12.2. The molecule has 0 atom stereocenters. The number of aromatic nitrogens is 5. The monoisotopic (exact) mass is 499 g/mol. The van der Waals surface area contributed by atoms with Crippen molar-refractivity contribution in [2.45, 2.75) is 0 Å². The number of pyridine rings is 1. The number of amides is 1. The van der Waals surface area contributed by atoms with Gasteiger partial charge in [0, 0.05) is 62.6 Å². The van der Waals surface area contributed by atoms with Crippen LogP contribution in [0, 0.1) is 0 Å². The number of carbonyl (C=O) groups is 1. The van der Waals surface area contributed by atoms with Crippen molar-refractivity contribution in [1.82, 2.24) is 29.6 Å². The number of piperazine rings is 1. The van der Waals surface area contributed by atoms with Crippen molar-refractivity contribution >= 4 is 40.0 Å². The number of methoxy groups -OCH3 is 1. The Morgan fingerprint density at radius 1 is 1.08 bits per heavy atom. The molecule has 11 nitrogen and oxygen atoms in total. The fourth-order valence-corrected chi connectivity index (χ4v) is 4.31. The third-order valence-electron chi connectivity index (χ3n) is 6.37. The van der Waals surface area contributed by atoms with Gasteiger partial charge in [-0.2, -0.15) is 5.10 Å². The highest BCUT2D eigenvalue weighted by atomic mass is 16.5. The molecule has 0 aliphatic carbocycles. The van der Waals surface area contributed by atoms with E-state index in [1.807, 2.05) is 31.3 Å². The highest BCUT2D eigenvalue weighted by Gasteiger charge is 2.21. The van der Waals surface area contributed by atoms with Crippen molar-refractivity contribution in [1.29, 1.82) is 0 Å². The lowest BCUT2D eigenvalue weighted by Crippen LogP contribution is -2.44. The number of nitrogens with one attached hydrogen (secondary N) is 2. The summed E-state index contributed by atoms with van der Waals surface area (Å²) in [5, 5.41) is 11.4. The number of aryl methyl sites for hydroxylation is 1. The van der Waals surface area contributed by atoms with Gasteiger partial charge in [0.2, 0.25) is 11.9 Å². The number of nitrogens with zero attached hydrogens (tertiary/aromatic N) is 7. The largest absolute Gasteiger partial charge is 0.494 e. The summed E-state index contributed by atoms with van der Waals surface area (Å²) >= 11 is 0. The number of rotatable bonds is 7. The number of hydrogen-bond acceptors (Lipinski definition) is 9. The Morgan fingerprint density at radius 2 is 1.89 bits per heavy atom. The van der Waals surface area contributed by atoms with E-state index in [-0.39, 0.29) is 5.91 Å². The van der Waals surface area contributed by atoms with Crippen LogP contribution in [-0.4, -0.2) is 75.9 Å². The van der Waals surface area contributed by atoms with Crippen molar-refractivity contribution in [2.75, 3.05) is 55.9 Å². The third-order valence-corrected chi connectivity index (χ3v) is 6.37. The molecule has 1 saturated heterocycles. The van der Waals surface area contributed by atoms with Crippen LogP contribution < -0.4 is 20.3 Å². The number of fused-ring (bicyclic) bond motifs is 1. The van der Waals surface area contributed by atoms with Gasteiger partial charge < -0.3 is 25.2 Å². The van der Waals surface area contributed by atoms with Crippen molar-refractivity contribution in [3.05, 3.63) is 55.5 Å². The quantitative estimate of drug-likeness (QED) is 0.370. The summed E-state index contributed by atoms with van der Waals surface area (Å²) < 4.78 is 7.44. The van der Waals surface area contributed by atoms with Gasteiger partial charge in [-0.25, -0.2) is 15.0 Å². The molecule has 190 valence electrons. The van der Waals surface area contributed by atoms with E-state index in [2.05, 4.69) is 49.1 Å². The minimum atomic E-state index is -0.289. The summed E-state index contributed by atoms with van der Waals surface area (Å²) in [5.74, 6) is 0.705. The summed E-state index contributed by atoms with van der Waals surface area (Å²) in [6.07, 6.45) is 6.48.